The monoisotopic (exact) mass is 477 g/mol. The highest BCUT2D eigenvalue weighted by Crippen LogP contribution is 2.11. The molecule has 0 aliphatic carbocycles. The molecule has 0 saturated carbocycles. The summed E-state index contributed by atoms with van der Waals surface area (Å²) < 4.78 is 37.8. The number of benzene rings is 1. The van der Waals surface area contributed by atoms with Crippen molar-refractivity contribution in [1.82, 2.24) is 14.8 Å². The first-order valence-corrected chi connectivity index (χ1v) is 12.9. The van der Waals surface area contributed by atoms with E-state index in [1.54, 1.807) is 30.6 Å². The highest BCUT2D eigenvalue weighted by atomic mass is 32.2. The van der Waals surface area contributed by atoms with Crippen molar-refractivity contribution in [2.24, 2.45) is 0 Å². The molecular formula is C24H32FN3O4S. The van der Waals surface area contributed by atoms with Gasteiger partial charge in [0, 0.05) is 31.6 Å². The molecule has 1 N–H and O–H groups in total. The van der Waals surface area contributed by atoms with E-state index in [2.05, 4.69) is 10.3 Å². The van der Waals surface area contributed by atoms with Gasteiger partial charge < -0.3 is 5.32 Å². The first-order chi connectivity index (χ1) is 15.8. The van der Waals surface area contributed by atoms with E-state index < -0.39 is 10.0 Å². The van der Waals surface area contributed by atoms with Gasteiger partial charge in [-0.05, 0) is 48.2 Å². The van der Waals surface area contributed by atoms with E-state index in [1.807, 2.05) is 12.1 Å². The van der Waals surface area contributed by atoms with Gasteiger partial charge in [0.2, 0.25) is 15.9 Å². The molecular weight excluding hydrogens is 445 g/mol. The maximum absolute atomic E-state index is 13.0. The number of carbonyl (C=O) groups excluding carboxylic acids is 1. The Kier molecular flexibility index (Phi) is 11.7. The molecule has 33 heavy (non-hydrogen) atoms. The highest BCUT2D eigenvalue weighted by molar-refractivity contribution is 7.88. The van der Waals surface area contributed by atoms with Crippen LogP contribution in [-0.2, 0) is 26.3 Å². The van der Waals surface area contributed by atoms with E-state index in [0.717, 1.165) is 48.4 Å². The molecule has 1 aromatic carbocycles. The Morgan fingerprint density at radius 3 is 2.45 bits per heavy atom. The van der Waals surface area contributed by atoms with Crippen LogP contribution in [0, 0.1) is 5.82 Å². The molecule has 9 heteroatoms. The molecule has 0 aliphatic rings. The van der Waals surface area contributed by atoms with Crippen molar-refractivity contribution in [3.8, 4) is 0 Å². The standard InChI is InChI=1S/C24H32FN3O4S/c1-33(30,31)28(32-20-22-10-13-23(25)14-11-22)18-7-5-3-2-4-6-17-27-24(29)15-12-21-9-8-16-26-19-21/h8-16,19H,2-7,17-18,20H2,1H3,(H,27,29). The van der Waals surface area contributed by atoms with E-state index in [1.165, 1.54) is 18.2 Å². The van der Waals surface area contributed by atoms with Crippen LogP contribution in [0.1, 0.15) is 49.7 Å². The van der Waals surface area contributed by atoms with Crippen LogP contribution in [0.15, 0.2) is 54.9 Å². The minimum Gasteiger partial charge on any atom is -0.353 e. The zero-order valence-corrected chi connectivity index (χ0v) is 19.8. The van der Waals surface area contributed by atoms with Gasteiger partial charge in [-0.3, -0.25) is 14.6 Å². The molecule has 0 fully saturated rings. The predicted molar refractivity (Wildman–Crippen MR) is 127 cm³/mol. The number of unbranched alkanes of at least 4 members (excludes halogenated alkanes) is 5. The molecule has 2 aromatic rings. The second kappa shape index (κ2) is 14.5. The number of halogens is 1. The summed E-state index contributed by atoms with van der Waals surface area (Å²) in [7, 11) is -3.49. The first kappa shape index (κ1) is 26.6. The second-order valence-electron chi connectivity index (χ2n) is 7.72. The molecule has 0 atom stereocenters. The van der Waals surface area contributed by atoms with Gasteiger partial charge in [-0.2, -0.15) is 0 Å². The number of hydrogen-bond acceptors (Lipinski definition) is 5. The SMILES string of the molecule is CS(=O)(=O)N(CCCCCCCCNC(=O)C=Cc1cccnc1)OCc1ccc(F)cc1. The van der Waals surface area contributed by atoms with Crippen LogP contribution in [0.4, 0.5) is 4.39 Å². The molecule has 0 saturated heterocycles. The Bertz CT molecular complexity index is 967. The normalized spacial score (nSPS) is 11.8. The maximum Gasteiger partial charge on any atom is 0.243 e. The van der Waals surface area contributed by atoms with Gasteiger partial charge in [-0.1, -0.05) is 48.4 Å². The molecule has 0 unspecified atom stereocenters. The van der Waals surface area contributed by atoms with Crippen LogP contribution >= 0.6 is 0 Å². The first-order valence-electron chi connectivity index (χ1n) is 11.1. The largest absolute Gasteiger partial charge is 0.353 e. The van der Waals surface area contributed by atoms with Gasteiger partial charge >= 0.3 is 0 Å². The van der Waals surface area contributed by atoms with Gasteiger partial charge in [0.05, 0.1) is 12.9 Å². The maximum atomic E-state index is 13.0. The highest BCUT2D eigenvalue weighted by Gasteiger charge is 2.17. The fourth-order valence-corrected chi connectivity index (χ4v) is 3.75. The summed E-state index contributed by atoms with van der Waals surface area (Å²) in [4.78, 5) is 21.2. The number of sulfonamides is 1. The molecule has 0 bridgehead atoms. The van der Waals surface area contributed by atoms with Crippen LogP contribution in [0.5, 0.6) is 0 Å². The summed E-state index contributed by atoms with van der Waals surface area (Å²) in [5, 5.41) is 2.86. The second-order valence-corrected chi connectivity index (χ2v) is 9.59. The van der Waals surface area contributed by atoms with Crippen molar-refractivity contribution in [3.63, 3.8) is 0 Å². The van der Waals surface area contributed by atoms with Crippen LogP contribution in [0.2, 0.25) is 0 Å². The zero-order chi connectivity index (χ0) is 23.9. The van der Waals surface area contributed by atoms with Gasteiger partial charge in [-0.15, -0.1) is 0 Å². The van der Waals surface area contributed by atoms with Gasteiger partial charge in [0.1, 0.15) is 5.82 Å². The topological polar surface area (TPSA) is 88.6 Å². The van der Waals surface area contributed by atoms with E-state index in [9.17, 15) is 17.6 Å². The lowest BCUT2D eigenvalue weighted by atomic mass is 10.1. The Balaban J connectivity index is 1.53. The number of amides is 1. The number of carbonyl (C=O) groups is 1. The summed E-state index contributed by atoms with van der Waals surface area (Å²) in [6.45, 7) is 0.963. The van der Waals surface area contributed by atoms with Crippen molar-refractivity contribution in [2.45, 2.75) is 45.1 Å². The molecule has 0 spiro atoms. The Morgan fingerprint density at radius 1 is 1.09 bits per heavy atom. The van der Waals surface area contributed by atoms with Crippen LogP contribution in [0.3, 0.4) is 0 Å². The minimum atomic E-state index is -3.49. The predicted octanol–water partition coefficient (Wildman–Crippen LogP) is 4.08. The van der Waals surface area contributed by atoms with Gasteiger partial charge in [-0.25, -0.2) is 12.8 Å². The minimum absolute atomic E-state index is 0.0660. The third-order valence-electron chi connectivity index (χ3n) is 4.84. The summed E-state index contributed by atoms with van der Waals surface area (Å²) in [5.74, 6) is -0.473. The number of hydroxylamine groups is 1. The molecule has 1 heterocycles. The number of nitrogens with one attached hydrogen (secondary N) is 1. The fourth-order valence-electron chi connectivity index (χ4n) is 3.04. The van der Waals surface area contributed by atoms with Gasteiger partial charge in [0.15, 0.2) is 0 Å². The van der Waals surface area contributed by atoms with Crippen molar-refractivity contribution in [1.29, 1.82) is 0 Å². The van der Waals surface area contributed by atoms with E-state index in [0.29, 0.717) is 18.5 Å². The van der Waals surface area contributed by atoms with E-state index in [-0.39, 0.29) is 24.9 Å². The lowest BCUT2D eigenvalue weighted by Gasteiger charge is -2.19. The summed E-state index contributed by atoms with van der Waals surface area (Å²) in [6, 6.07) is 9.45. The average molecular weight is 478 g/mol. The number of aromatic nitrogens is 1. The third-order valence-corrected chi connectivity index (χ3v) is 5.86. The Labute approximate surface area is 195 Å². The van der Waals surface area contributed by atoms with Crippen molar-refractivity contribution in [3.05, 3.63) is 71.8 Å². The zero-order valence-electron chi connectivity index (χ0n) is 19.0. The lowest BCUT2D eigenvalue weighted by molar-refractivity contribution is -0.116. The quantitative estimate of drug-likeness (QED) is 0.237. The van der Waals surface area contributed by atoms with Crippen LogP contribution < -0.4 is 5.32 Å². The van der Waals surface area contributed by atoms with Crippen LogP contribution in [0.25, 0.3) is 6.08 Å². The molecule has 1 amide bonds. The average Bonchev–Trinajstić information content (AvgIpc) is 2.79. The van der Waals surface area contributed by atoms with Crippen molar-refractivity contribution < 1.29 is 22.4 Å². The molecule has 0 radical (unpaired) electrons. The summed E-state index contributed by atoms with van der Waals surface area (Å²) >= 11 is 0. The van der Waals surface area contributed by atoms with E-state index in [4.69, 9.17) is 4.84 Å². The van der Waals surface area contributed by atoms with E-state index >= 15 is 0 Å². The summed E-state index contributed by atoms with van der Waals surface area (Å²) in [6.07, 6.45) is 13.2. The lowest BCUT2D eigenvalue weighted by Crippen LogP contribution is -2.31. The number of nitrogens with zero attached hydrogens (tertiary/aromatic N) is 2. The molecule has 180 valence electrons. The van der Waals surface area contributed by atoms with Crippen molar-refractivity contribution in [2.75, 3.05) is 19.3 Å². The molecule has 0 aliphatic heterocycles. The Hall–Kier alpha value is -2.62. The van der Waals surface area contributed by atoms with Gasteiger partial charge in [0.25, 0.3) is 0 Å². The molecule has 7 nitrogen and oxygen atoms in total. The third kappa shape index (κ3) is 11.7. The molecule has 2 rings (SSSR count). The number of hydrogen-bond donors (Lipinski definition) is 1. The molecule has 1 aromatic heterocycles. The smallest absolute Gasteiger partial charge is 0.243 e. The Morgan fingerprint density at radius 2 is 1.79 bits per heavy atom. The number of pyridine rings is 1. The van der Waals surface area contributed by atoms with Crippen LogP contribution in [-0.4, -0.2) is 43.1 Å². The fraction of sp³-hybridized carbons (Fsp3) is 0.417. The summed E-state index contributed by atoms with van der Waals surface area (Å²) in [5.41, 5.74) is 1.58. The number of rotatable bonds is 15. The van der Waals surface area contributed by atoms with Crippen molar-refractivity contribution >= 4 is 22.0 Å².